The van der Waals surface area contributed by atoms with Gasteiger partial charge in [0.15, 0.2) is 0 Å². The molecule has 1 aromatic carbocycles. The molecule has 1 N–H and O–H groups in total. The van der Waals surface area contributed by atoms with E-state index in [-0.39, 0.29) is 17.9 Å². The Bertz CT molecular complexity index is 380. The van der Waals surface area contributed by atoms with Crippen LogP contribution in [0.25, 0.3) is 0 Å². The second-order valence-corrected chi connectivity index (χ2v) is 4.45. The quantitative estimate of drug-likeness (QED) is 0.812. The number of amides is 1. The van der Waals surface area contributed by atoms with Gasteiger partial charge in [0.05, 0.1) is 18.6 Å². The van der Waals surface area contributed by atoms with E-state index in [1.807, 2.05) is 37.3 Å². The van der Waals surface area contributed by atoms with E-state index in [2.05, 4.69) is 5.48 Å². The average Bonchev–Trinajstić information content (AvgIpc) is 2.88. The minimum Gasteiger partial charge on any atom is -0.377 e. The molecule has 2 unspecified atom stereocenters. The third-order valence-electron chi connectivity index (χ3n) is 3.20. The van der Waals surface area contributed by atoms with Gasteiger partial charge in [0.1, 0.15) is 0 Å². The summed E-state index contributed by atoms with van der Waals surface area (Å²) in [7, 11) is 0. The number of hydrogen-bond donors (Lipinski definition) is 1. The van der Waals surface area contributed by atoms with E-state index in [1.54, 1.807) is 0 Å². The maximum Gasteiger partial charge on any atom is 0.249 e. The molecule has 98 valence electrons. The lowest BCUT2D eigenvalue weighted by molar-refractivity contribution is -0.140. The van der Waals surface area contributed by atoms with Crippen LogP contribution in [0.3, 0.4) is 0 Å². The van der Waals surface area contributed by atoms with Crippen molar-refractivity contribution in [3.8, 4) is 0 Å². The molecular formula is C14H19NO3. The Balaban J connectivity index is 1.75. The number of hydrogen-bond acceptors (Lipinski definition) is 3. The Morgan fingerprint density at radius 3 is 2.94 bits per heavy atom. The van der Waals surface area contributed by atoms with Crippen LogP contribution in [0.2, 0.25) is 0 Å². The summed E-state index contributed by atoms with van der Waals surface area (Å²) in [5.74, 6) is -0.152. The number of benzene rings is 1. The number of carbonyl (C=O) groups excluding carboxylic acids is 1. The molecule has 4 heteroatoms. The highest BCUT2D eigenvalue weighted by molar-refractivity contribution is 5.78. The molecule has 1 aromatic rings. The van der Waals surface area contributed by atoms with Crippen LogP contribution >= 0.6 is 0 Å². The summed E-state index contributed by atoms with van der Waals surface area (Å²) in [6, 6.07) is 9.75. The maximum atomic E-state index is 11.9. The lowest BCUT2D eigenvalue weighted by Gasteiger charge is -2.16. The number of nitrogens with one attached hydrogen (secondary N) is 1. The fourth-order valence-electron chi connectivity index (χ4n) is 2.19. The first-order chi connectivity index (χ1) is 8.81. The summed E-state index contributed by atoms with van der Waals surface area (Å²) in [5.41, 5.74) is 3.55. The summed E-state index contributed by atoms with van der Waals surface area (Å²) >= 11 is 0. The fraction of sp³-hybridized carbons (Fsp3) is 0.500. The summed E-state index contributed by atoms with van der Waals surface area (Å²) in [4.78, 5) is 17.1. The summed E-state index contributed by atoms with van der Waals surface area (Å²) in [6.45, 7) is 3.08. The van der Waals surface area contributed by atoms with E-state index in [9.17, 15) is 4.79 Å². The normalized spacial score (nSPS) is 22.9. The van der Waals surface area contributed by atoms with E-state index in [1.165, 1.54) is 0 Å². The third kappa shape index (κ3) is 3.31. The van der Waals surface area contributed by atoms with Crippen molar-refractivity contribution < 1.29 is 14.4 Å². The van der Waals surface area contributed by atoms with Crippen LogP contribution in [-0.4, -0.2) is 18.6 Å². The van der Waals surface area contributed by atoms with Gasteiger partial charge >= 0.3 is 0 Å². The third-order valence-corrected chi connectivity index (χ3v) is 3.20. The Morgan fingerprint density at radius 2 is 2.22 bits per heavy atom. The number of carbonyl (C=O) groups is 1. The van der Waals surface area contributed by atoms with Crippen molar-refractivity contribution in [3.05, 3.63) is 35.9 Å². The van der Waals surface area contributed by atoms with Crippen molar-refractivity contribution >= 4 is 5.91 Å². The van der Waals surface area contributed by atoms with Crippen LogP contribution in [0, 0.1) is 5.92 Å². The Morgan fingerprint density at radius 1 is 1.44 bits per heavy atom. The first-order valence-corrected chi connectivity index (χ1v) is 6.38. The van der Waals surface area contributed by atoms with Crippen molar-refractivity contribution in [3.63, 3.8) is 0 Å². The minimum absolute atomic E-state index is 0.0327. The van der Waals surface area contributed by atoms with Crippen molar-refractivity contribution in [1.82, 2.24) is 5.48 Å². The van der Waals surface area contributed by atoms with Gasteiger partial charge in [0, 0.05) is 6.61 Å². The predicted molar refractivity (Wildman–Crippen MR) is 67.5 cm³/mol. The van der Waals surface area contributed by atoms with Gasteiger partial charge in [-0.3, -0.25) is 9.63 Å². The molecule has 1 fully saturated rings. The van der Waals surface area contributed by atoms with Crippen LogP contribution in [0.5, 0.6) is 0 Å². The Kier molecular flexibility index (Phi) is 4.73. The highest BCUT2D eigenvalue weighted by Gasteiger charge is 2.32. The zero-order valence-corrected chi connectivity index (χ0v) is 10.6. The molecule has 0 saturated carbocycles. The molecule has 0 aliphatic carbocycles. The van der Waals surface area contributed by atoms with Crippen LogP contribution in [0.1, 0.15) is 25.3 Å². The Labute approximate surface area is 107 Å². The molecule has 0 spiro atoms. The van der Waals surface area contributed by atoms with Crippen LogP contribution in [0.15, 0.2) is 30.3 Å². The maximum absolute atomic E-state index is 11.9. The molecule has 2 atom stereocenters. The minimum atomic E-state index is -0.0780. The number of ether oxygens (including phenoxy) is 1. The molecule has 4 nitrogen and oxygen atoms in total. The molecule has 1 heterocycles. The highest BCUT2D eigenvalue weighted by Crippen LogP contribution is 2.23. The molecule has 2 rings (SSSR count). The number of hydroxylamine groups is 1. The van der Waals surface area contributed by atoms with E-state index in [0.717, 1.165) is 18.4 Å². The summed E-state index contributed by atoms with van der Waals surface area (Å²) in [5, 5.41) is 0. The van der Waals surface area contributed by atoms with Gasteiger partial charge in [-0.2, -0.15) is 0 Å². The van der Waals surface area contributed by atoms with Gasteiger partial charge in [0.2, 0.25) is 5.91 Å². The molecule has 0 aromatic heterocycles. The van der Waals surface area contributed by atoms with Gasteiger partial charge in [-0.15, -0.1) is 0 Å². The first-order valence-electron chi connectivity index (χ1n) is 6.38. The van der Waals surface area contributed by atoms with Crippen molar-refractivity contribution in [2.45, 2.75) is 32.5 Å². The molecular weight excluding hydrogens is 230 g/mol. The van der Waals surface area contributed by atoms with E-state index >= 15 is 0 Å². The van der Waals surface area contributed by atoms with Crippen LogP contribution < -0.4 is 5.48 Å². The summed E-state index contributed by atoms with van der Waals surface area (Å²) < 4.78 is 5.48. The lowest BCUT2D eigenvalue weighted by atomic mass is 9.99. The van der Waals surface area contributed by atoms with Crippen LogP contribution in [-0.2, 0) is 21.0 Å². The second kappa shape index (κ2) is 6.52. The predicted octanol–water partition coefficient (Wildman–Crippen LogP) is 2.05. The standard InChI is InChI=1S/C14H19NO3/c1-2-13-12(8-9-17-13)14(16)15-18-10-11-6-4-3-5-7-11/h3-7,12-13H,2,8-10H2,1H3,(H,15,16). The van der Waals surface area contributed by atoms with Gasteiger partial charge in [-0.25, -0.2) is 5.48 Å². The second-order valence-electron chi connectivity index (χ2n) is 4.45. The molecule has 1 saturated heterocycles. The molecule has 1 amide bonds. The van der Waals surface area contributed by atoms with Crippen molar-refractivity contribution in [1.29, 1.82) is 0 Å². The smallest absolute Gasteiger partial charge is 0.249 e. The van der Waals surface area contributed by atoms with E-state index in [4.69, 9.17) is 9.57 Å². The van der Waals surface area contributed by atoms with Gasteiger partial charge in [-0.1, -0.05) is 37.3 Å². The lowest BCUT2D eigenvalue weighted by Crippen LogP contribution is -2.34. The van der Waals surface area contributed by atoms with Crippen molar-refractivity contribution in [2.75, 3.05) is 6.61 Å². The van der Waals surface area contributed by atoms with Crippen molar-refractivity contribution in [2.24, 2.45) is 5.92 Å². The van der Waals surface area contributed by atoms with Crippen LogP contribution in [0.4, 0.5) is 0 Å². The molecule has 1 aliphatic heterocycles. The van der Waals surface area contributed by atoms with E-state index < -0.39 is 0 Å². The first kappa shape index (κ1) is 13.1. The SMILES string of the molecule is CCC1OCCC1C(=O)NOCc1ccccc1. The molecule has 18 heavy (non-hydrogen) atoms. The van der Waals surface area contributed by atoms with Gasteiger partial charge < -0.3 is 4.74 Å². The molecule has 0 bridgehead atoms. The Hall–Kier alpha value is -1.39. The van der Waals surface area contributed by atoms with E-state index in [0.29, 0.717) is 13.2 Å². The molecule has 0 radical (unpaired) electrons. The number of rotatable bonds is 5. The fourth-order valence-corrected chi connectivity index (χ4v) is 2.19. The molecule has 1 aliphatic rings. The van der Waals surface area contributed by atoms with Gasteiger partial charge in [0.25, 0.3) is 0 Å². The highest BCUT2D eigenvalue weighted by atomic mass is 16.7. The summed E-state index contributed by atoms with van der Waals surface area (Å²) in [6.07, 6.45) is 1.67. The monoisotopic (exact) mass is 249 g/mol. The zero-order chi connectivity index (χ0) is 12.8. The average molecular weight is 249 g/mol. The zero-order valence-electron chi connectivity index (χ0n) is 10.6. The van der Waals surface area contributed by atoms with Gasteiger partial charge in [-0.05, 0) is 18.4 Å². The largest absolute Gasteiger partial charge is 0.377 e. The topological polar surface area (TPSA) is 47.6 Å².